The van der Waals surface area contributed by atoms with E-state index in [1.807, 2.05) is 13.8 Å². The fraction of sp³-hybridized carbons (Fsp3) is 0.538. The zero-order valence-electron chi connectivity index (χ0n) is 11.6. The molecule has 1 heterocycles. The number of nitrogens with one attached hydrogen (secondary N) is 1. The van der Waals surface area contributed by atoms with Gasteiger partial charge in [0, 0.05) is 32.9 Å². The molecule has 1 aromatic rings. The molecule has 0 aliphatic rings. The number of hydrogen-bond donors (Lipinski definition) is 1. The first-order valence-corrected chi connectivity index (χ1v) is 6.32. The lowest BCUT2D eigenvalue weighted by Gasteiger charge is -2.21. The van der Waals surface area contributed by atoms with Crippen LogP contribution in [0.1, 0.15) is 24.2 Å². The Bertz CT molecular complexity index is 426. The Kier molecular flexibility index (Phi) is 6.21. The summed E-state index contributed by atoms with van der Waals surface area (Å²) in [6.07, 6.45) is 1.43. The molecule has 6 heteroatoms. The monoisotopic (exact) mass is 269 g/mol. The first kappa shape index (κ1) is 15.4. The number of ether oxygens (including phenoxy) is 1. The molecule has 0 aliphatic carbocycles. The minimum Gasteiger partial charge on any atom is -0.383 e. The van der Waals surface area contributed by atoms with Crippen LogP contribution in [0.5, 0.6) is 0 Å². The normalized spacial score (nSPS) is 10.3. The van der Waals surface area contributed by atoms with Crippen molar-refractivity contribution in [1.29, 1.82) is 0 Å². The van der Waals surface area contributed by atoms with Crippen LogP contribution in [0, 0.1) is 5.82 Å². The molecule has 0 bridgehead atoms. The maximum absolute atomic E-state index is 14.1. The van der Waals surface area contributed by atoms with Gasteiger partial charge in [-0.05, 0) is 19.9 Å². The second kappa shape index (κ2) is 7.68. The van der Waals surface area contributed by atoms with Crippen LogP contribution in [0.3, 0.4) is 0 Å². The van der Waals surface area contributed by atoms with Gasteiger partial charge in [-0.2, -0.15) is 0 Å². The van der Waals surface area contributed by atoms with Crippen LogP contribution >= 0.6 is 0 Å². The second-order valence-corrected chi connectivity index (χ2v) is 3.93. The Morgan fingerprint density at radius 2 is 2.26 bits per heavy atom. The van der Waals surface area contributed by atoms with Crippen LogP contribution < -0.4 is 5.32 Å². The summed E-state index contributed by atoms with van der Waals surface area (Å²) in [6, 6.07) is 1.40. The van der Waals surface area contributed by atoms with Gasteiger partial charge in [0.15, 0.2) is 11.6 Å². The van der Waals surface area contributed by atoms with E-state index >= 15 is 0 Å². The number of aromatic nitrogens is 1. The molecule has 0 fully saturated rings. The Morgan fingerprint density at radius 3 is 2.84 bits per heavy atom. The largest absolute Gasteiger partial charge is 0.383 e. The van der Waals surface area contributed by atoms with Crippen molar-refractivity contribution in [2.75, 3.05) is 38.7 Å². The van der Waals surface area contributed by atoms with Crippen LogP contribution in [0.4, 0.5) is 10.2 Å². The van der Waals surface area contributed by atoms with Crippen molar-refractivity contribution in [3.05, 3.63) is 23.6 Å². The summed E-state index contributed by atoms with van der Waals surface area (Å²) in [6.45, 7) is 5.59. The molecule has 1 rings (SSSR count). The maximum Gasteiger partial charge on any atom is 0.257 e. The van der Waals surface area contributed by atoms with Crippen LogP contribution in [-0.4, -0.2) is 49.1 Å². The minimum atomic E-state index is -0.606. The van der Waals surface area contributed by atoms with Crippen LogP contribution in [0.15, 0.2) is 12.3 Å². The van der Waals surface area contributed by atoms with Gasteiger partial charge in [-0.1, -0.05) is 0 Å². The quantitative estimate of drug-likeness (QED) is 0.819. The van der Waals surface area contributed by atoms with Crippen molar-refractivity contribution in [2.45, 2.75) is 13.8 Å². The van der Waals surface area contributed by atoms with Gasteiger partial charge in [0.2, 0.25) is 0 Å². The highest BCUT2D eigenvalue weighted by Gasteiger charge is 2.20. The molecule has 0 aromatic carbocycles. The van der Waals surface area contributed by atoms with Crippen molar-refractivity contribution in [2.24, 2.45) is 0 Å². The van der Waals surface area contributed by atoms with Gasteiger partial charge >= 0.3 is 0 Å². The molecule has 0 spiro atoms. The van der Waals surface area contributed by atoms with E-state index in [-0.39, 0.29) is 17.3 Å². The predicted molar refractivity (Wildman–Crippen MR) is 71.8 cm³/mol. The molecule has 0 saturated carbocycles. The van der Waals surface area contributed by atoms with Gasteiger partial charge in [-0.15, -0.1) is 0 Å². The van der Waals surface area contributed by atoms with Crippen molar-refractivity contribution in [1.82, 2.24) is 9.88 Å². The summed E-state index contributed by atoms with van der Waals surface area (Å²) in [5, 5.41) is 2.79. The number of likely N-dealkylation sites (N-methyl/N-ethyl adjacent to an activating group) is 1. The van der Waals surface area contributed by atoms with Gasteiger partial charge < -0.3 is 15.0 Å². The van der Waals surface area contributed by atoms with Crippen molar-refractivity contribution in [3.8, 4) is 0 Å². The SMILES string of the molecule is CCNc1nccc(C(=O)N(CC)CCOC)c1F. The molecule has 19 heavy (non-hydrogen) atoms. The zero-order valence-corrected chi connectivity index (χ0v) is 11.6. The molecule has 0 aliphatic heterocycles. The van der Waals surface area contributed by atoms with E-state index in [0.29, 0.717) is 26.2 Å². The third-order valence-corrected chi connectivity index (χ3v) is 2.70. The number of methoxy groups -OCH3 is 1. The van der Waals surface area contributed by atoms with E-state index < -0.39 is 5.82 Å². The lowest BCUT2D eigenvalue weighted by molar-refractivity contribution is 0.0702. The van der Waals surface area contributed by atoms with Crippen LogP contribution in [0.2, 0.25) is 0 Å². The van der Waals surface area contributed by atoms with E-state index in [9.17, 15) is 9.18 Å². The fourth-order valence-corrected chi connectivity index (χ4v) is 1.67. The van der Waals surface area contributed by atoms with Crippen molar-refractivity contribution in [3.63, 3.8) is 0 Å². The molecular weight excluding hydrogens is 249 g/mol. The number of anilines is 1. The van der Waals surface area contributed by atoms with E-state index in [1.54, 1.807) is 7.11 Å². The molecule has 0 unspecified atom stereocenters. The molecule has 1 aromatic heterocycles. The minimum absolute atomic E-state index is 0.0314. The highest BCUT2D eigenvalue weighted by atomic mass is 19.1. The predicted octanol–water partition coefficient (Wildman–Crippen LogP) is 1.76. The first-order valence-electron chi connectivity index (χ1n) is 6.32. The maximum atomic E-state index is 14.1. The summed E-state index contributed by atoms with van der Waals surface area (Å²) >= 11 is 0. The lowest BCUT2D eigenvalue weighted by atomic mass is 10.2. The molecule has 0 radical (unpaired) electrons. The Morgan fingerprint density at radius 1 is 1.53 bits per heavy atom. The standard InChI is InChI=1S/C13H20FN3O2/c1-4-15-12-11(14)10(6-7-16-12)13(18)17(5-2)8-9-19-3/h6-7H,4-5,8-9H2,1-3H3,(H,15,16). The van der Waals surface area contributed by atoms with Crippen molar-refractivity contribution < 1.29 is 13.9 Å². The number of carbonyl (C=O) groups is 1. The highest BCUT2D eigenvalue weighted by Crippen LogP contribution is 2.16. The van der Waals surface area contributed by atoms with Gasteiger partial charge in [-0.3, -0.25) is 4.79 Å². The van der Waals surface area contributed by atoms with Crippen LogP contribution in [-0.2, 0) is 4.74 Å². The number of halogens is 1. The summed E-state index contributed by atoms with van der Waals surface area (Å²) in [4.78, 5) is 17.7. The third kappa shape index (κ3) is 3.89. The molecule has 1 N–H and O–H groups in total. The summed E-state index contributed by atoms with van der Waals surface area (Å²) in [5.74, 6) is -0.847. The van der Waals surface area contributed by atoms with Gasteiger partial charge in [0.25, 0.3) is 5.91 Å². The number of carbonyl (C=O) groups excluding carboxylic acids is 1. The lowest BCUT2D eigenvalue weighted by Crippen LogP contribution is -2.34. The second-order valence-electron chi connectivity index (χ2n) is 3.93. The Balaban J connectivity index is 2.94. The van der Waals surface area contributed by atoms with Crippen LogP contribution in [0.25, 0.3) is 0 Å². The van der Waals surface area contributed by atoms with Gasteiger partial charge in [0.1, 0.15) is 0 Å². The van der Waals surface area contributed by atoms with Gasteiger partial charge in [0.05, 0.1) is 12.2 Å². The molecule has 0 saturated heterocycles. The topological polar surface area (TPSA) is 54.5 Å². The number of nitrogens with zero attached hydrogens (tertiary/aromatic N) is 2. The number of hydrogen-bond acceptors (Lipinski definition) is 4. The van der Waals surface area contributed by atoms with E-state index in [1.165, 1.54) is 17.2 Å². The summed E-state index contributed by atoms with van der Waals surface area (Å²) in [7, 11) is 1.56. The highest BCUT2D eigenvalue weighted by molar-refractivity contribution is 5.95. The first-order chi connectivity index (χ1) is 9.15. The van der Waals surface area contributed by atoms with E-state index in [0.717, 1.165) is 0 Å². The molecule has 5 nitrogen and oxygen atoms in total. The van der Waals surface area contributed by atoms with E-state index in [2.05, 4.69) is 10.3 Å². The fourth-order valence-electron chi connectivity index (χ4n) is 1.67. The van der Waals surface area contributed by atoms with E-state index in [4.69, 9.17) is 4.74 Å². The Hall–Kier alpha value is -1.69. The summed E-state index contributed by atoms with van der Waals surface area (Å²) < 4.78 is 19.1. The number of pyridine rings is 1. The Labute approximate surface area is 112 Å². The third-order valence-electron chi connectivity index (χ3n) is 2.70. The average molecular weight is 269 g/mol. The van der Waals surface area contributed by atoms with Crippen molar-refractivity contribution >= 4 is 11.7 Å². The molecule has 0 atom stereocenters. The molecule has 1 amide bonds. The molecular formula is C13H20FN3O2. The number of amides is 1. The van der Waals surface area contributed by atoms with Gasteiger partial charge in [-0.25, -0.2) is 9.37 Å². The molecule has 106 valence electrons. The summed E-state index contributed by atoms with van der Waals surface area (Å²) in [5.41, 5.74) is 0.0314. The average Bonchev–Trinajstić information content (AvgIpc) is 2.42. The number of rotatable bonds is 7. The zero-order chi connectivity index (χ0) is 14.3. The smallest absolute Gasteiger partial charge is 0.257 e.